The van der Waals surface area contributed by atoms with E-state index in [0.29, 0.717) is 18.9 Å². The Morgan fingerprint density at radius 1 is 1.15 bits per heavy atom. The predicted molar refractivity (Wildman–Crippen MR) is 80.1 cm³/mol. The first-order valence-corrected chi connectivity index (χ1v) is 7.27. The maximum atomic E-state index is 10.0. The van der Waals surface area contributed by atoms with E-state index >= 15 is 0 Å². The number of rotatable bonds is 5. The SMILES string of the molecule is CCC(O)c1ccccc1OCC1Cc2ccccc21. The summed E-state index contributed by atoms with van der Waals surface area (Å²) in [5.41, 5.74) is 3.73. The Hall–Kier alpha value is -1.80. The molecular formula is C18H20O2. The lowest BCUT2D eigenvalue weighted by atomic mass is 9.78. The summed E-state index contributed by atoms with van der Waals surface area (Å²) in [5.74, 6) is 1.30. The number of fused-ring (bicyclic) bond motifs is 1. The summed E-state index contributed by atoms with van der Waals surface area (Å²) in [6.07, 6.45) is 1.35. The molecule has 1 aliphatic carbocycles. The Morgan fingerprint density at radius 2 is 1.90 bits per heavy atom. The third-order valence-electron chi connectivity index (χ3n) is 4.07. The third-order valence-corrected chi connectivity index (χ3v) is 4.07. The van der Waals surface area contributed by atoms with E-state index in [4.69, 9.17) is 4.74 Å². The van der Waals surface area contributed by atoms with Gasteiger partial charge in [0.25, 0.3) is 0 Å². The zero-order valence-corrected chi connectivity index (χ0v) is 11.8. The van der Waals surface area contributed by atoms with E-state index in [1.54, 1.807) is 0 Å². The van der Waals surface area contributed by atoms with Crippen LogP contribution in [0.2, 0.25) is 0 Å². The van der Waals surface area contributed by atoms with Crippen LogP contribution in [0.25, 0.3) is 0 Å². The molecule has 0 bridgehead atoms. The molecule has 1 N–H and O–H groups in total. The highest BCUT2D eigenvalue weighted by Crippen LogP contribution is 2.36. The molecule has 0 aromatic heterocycles. The third kappa shape index (κ3) is 2.44. The van der Waals surface area contributed by atoms with Gasteiger partial charge in [-0.15, -0.1) is 0 Å². The molecule has 0 spiro atoms. The number of ether oxygens (including phenoxy) is 1. The monoisotopic (exact) mass is 268 g/mol. The molecule has 2 heteroatoms. The molecule has 3 rings (SSSR count). The van der Waals surface area contributed by atoms with Gasteiger partial charge in [0, 0.05) is 11.5 Å². The summed E-state index contributed by atoms with van der Waals surface area (Å²) >= 11 is 0. The fraction of sp³-hybridized carbons (Fsp3) is 0.333. The number of benzene rings is 2. The highest BCUT2D eigenvalue weighted by Gasteiger charge is 2.26. The minimum Gasteiger partial charge on any atom is -0.493 e. The second-order valence-electron chi connectivity index (χ2n) is 5.37. The number of para-hydroxylation sites is 1. The van der Waals surface area contributed by atoms with Gasteiger partial charge in [-0.3, -0.25) is 0 Å². The van der Waals surface area contributed by atoms with Crippen LogP contribution in [0, 0.1) is 0 Å². The van der Waals surface area contributed by atoms with Crippen LogP contribution >= 0.6 is 0 Å². The van der Waals surface area contributed by atoms with Crippen LogP contribution in [0.15, 0.2) is 48.5 Å². The first kappa shape index (κ1) is 13.2. The first-order chi connectivity index (χ1) is 9.79. The molecule has 2 atom stereocenters. The van der Waals surface area contributed by atoms with Crippen LogP contribution in [0.3, 0.4) is 0 Å². The highest BCUT2D eigenvalue weighted by atomic mass is 16.5. The molecular weight excluding hydrogens is 248 g/mol. The van der Waals surface area contributed by atoms with Crippen molar-refractivity contribution in [3.8, 4) is 5.75 Å². The number of hydrogen-bond acceptors (Lipinski definition) is 2. The lowest BCUT2D eigenvalue weighted by Gasteiger charge is -2.30. The number of aliphatic hydroxyl groups is 1. The van der Waals surface area contributed by atoms with Crippen molar-refractivity contribution in [2.75, 3.05) is 6.61 Å². The summed E-state index contributed by atoms with van der Waals surface area (Å²) in [7, 11) is 0. The standard InChI is InChI=1S/C18H20O2/c1-2-17(19)16-9-5-6-10-18(16)20-12-14-11-13-7-3-4-8-15(13)14/h3-10,14,17,19H,2,11-12H2,1H3. The van der Waals surface area contributed by atoms with Gasteiger partial charge in [0.1, 0.15) is 5.75 Å². The van der Waals surface area contributed by atoms with Crippen molar-refractivity contribution in [2.45, 2.75) is 31.8 Å². The molecule has 0 aliphatic heterocycles. The van der Waals surface area contributed by atoms with Gasteiger partial charge in [0.15, 0.2) is 0 Å². The van der Waals surface area contributed by atoms with Crippen molar-refractivity contribution >= 4 is 0 Å². The lowest BCUT2D eigenvalue weighted by Crippen LogP contribution is -2.23. The average Bonchev–Trinajstić information content (AvgIpc) is 2.48. The molecule has 0 saturated heterocycles. The van der Waals surface area contributed by atoms with Crippen molar-refractivity contribution < 1.29 is 9.84 Å². The van der Waals surface area contributed by atoms with Crippen molar-refractivity contribution in [2.24, 2.45) is 0 Å². The minimum atomic E-state index is -0.445. The Kier molecular flexibility index (Phi) is 3.75. The summed E-state index contributed by atoms with van der Waals surface area (Å²) in [6.45, 7) is 2.66. The van der Waals surface area contributed by atoms with Crippen LogP contribution in [-0.2, 0) is 6.42 Å². The summed E-state index contributed by atoms with van der Waals surface area (Å²) in [4.78, 5) is 0. The van der Waals surface area contributed by atoms with Gasteiger partial charge in [0.05, 0.1) is 12.7 Å². The van der Waals surface area contributed by atoms with Crippen LogP contribution < -0.4 is 4.74 Å². The lowest BCUT2D eigenvalue weighted by molar-refractivity contribution is 0.165. The molecule has 0 radical (unpaired) electrons. The van der Waals surface area contributed by atoms with E-state index in [2.05, 4.69) is 24.3 Å². The first-order valence-electron chi connectivity index (χ1n) is 7.27. The Labute approximate surface area is 120 Å². The van der Waals surface area contributed by atoms with E-state index in [1.165, 1.54) is 11.1 Å². The second kappa shape index (κ2) is 5.68. The van der Waals surface area contributed by atoms with Gasteiger partial charge in [-0.25, -0.2) is 0 Å². The molecule has 0 saturated carbocycles. The number of aliphatic hydroxyl groups excluding tert-OH is 1. The fourth-order valence-electron chi connectivity index (χ4n) is 2.81. The van der Waals surface area contributed by atoms with Gasteiger partial charge in [-0.2, -0.15) is 0 Å². The Bertz CT molecular complexity index is 591. The second-order valence-corrected chi connectivity index (χ2v) is 5.37. The maximum absolute atomic E-state index is 10.0. The molecule has 0 heterocycles. The van der Waals surface area contributed by atoms with Crippen LogP contribution in [0.4, 0.5) is 0 Å². The topological polar surface area (TPSA) is 29.5 Å². The molecule has 20 heavy (non-hydrogen) atoms. The molecule has 2 aromatic carbocycles. The molecule has 2 aromatic rings. The zero-order chi connectivity index (χ0) is 13.9. The van der Waals surface area contributed by atoms with Gasteiger partial charge >= 0.3 is 0 Å². The molecule has 2 nitrogen and oxygen atoms in total. The normalized spacial score (nSPS) is 18.0. The molecule has 0 fully saturated rings. The van der Waals surface area contributed by atoms with Crippen molar-refractivity contribution in [1.82, 2.24) is 0 Å². The van der Waals surface area contributed by atoms with E-state index in [0.717, 1.165) is 17.7 Å². The molecule has 0 amide bonds. The maximum Gasteiger partial charge on any atom is 0.125 e. The summed E-state index contributed by atoms with van der Waals surface area (Å²) in [6, 6.07) is 16.3. The van der Waals surface area contributed by atoms with E-state index in [-0.39, 0.29) is 0 Å². The van der Waals surface area contributed by atoms with Gasteiger partial charge in [-0.1, -0.05) is 49.4 Å². The van der Waals surface area contributed by atoms with E-state index in [9.17, 15) is 5.11 Å². The predicted octanol–water partition coefficient (Wildman–Crippen LogP) is 3.85. The average molecular weight is 268 g/mol. The van der Waals surface area contributed by atoms with Crippen LogP contribution in [-0.4, -0.2) is 11.7 Å². The van der Waals surface area contributed by atoms with Gasteiger partial charge in [0.2, 0.25) is 0 Å². The Balaban J connectivity index is 1.68. The van der Waals surface area contributed by atoms with Crippen molar-refractivity contribution in [3.63, 3.8) is 0 Å². The van der Waals surface area contributed by atoms with Gasteiger partial charge in [-0.05, 0) is 30.0 Å². The zero-order valence-electron chi connectivity index (χ0n) is 11.8. The largest absolute Gasteiger partial charge is 0.493 e. The van der Waals surface area contributed by atoms with Gasteiger partial charge < -0.3 is 9.84 Å². The summed E-state index contributed by atoms with van der Waals surface area (Å²) < 4.78 is 5.96. The van der Waals surface area contributed by atoms with E-state index < -0.39 is 6.10 Å². The quantitative estimate of drug-likeness (QED) is 0.892. The smallest absolute Gasteiger partial charge is 0.125 e. The van der Waals surface area contributed by atoms with Crippen molar-refractivity contribution in [1.29, 1.82) is 0 Å². The number of hydrogen-bond donors (Lipinski definition) is 1. The van der Waals surface area contributed by atoms with E-state index in [1.807, 2.05) is 31.2 Å². The minimum absolute atomic E-state index is 0.445. The summed E-state index contributed by atoms with van der Waals surface area (Å²) in [5, 5.41) is 10.0. The molecule has 104 valence electrons. The molecule has 1 aliphatic rings. The highest BCUT2D eigenvalue weighted by molar-refractivity contribution is 5.40. The Morgan fingerprint density at radius 3 is 2.70 bits per heavy atom. The van der Waals surface area contributed by atoms with Crippen LogP contribution in [0.5, 0.6) is 5.75 Å². The van der Waals surface area contributed by atoms with Crippen LogP contribution in [0.1, 0.15) is 42.1 Å². The van der Waals surface area contributed by atoms with Crippen molar-refractivity contribution in [3.05, 3.63) is 65.2 Å². The molecule has 2 unspecified atom stereocenters. The fourth-order valence-corrected chi connectivity index (χ4v) is 2.81.